The third-order valence-electron chi connectivity index (χ3n) is 3.39. The highest BCUT2D eigenvalue weighted by Crippen LogP contribution is 2.30. The van der Waals surface area contributed by atoms with Gasteiger partial charge in [-0.15, -0.1) is 0 Å². The van der Waals surface area contributed by atoms with Crippen LogP contribution in [0.15, 0.2) is 18.2 Å². The number of alkyl halides is 3. The molecule has 0 radical (unpaired) electrons. The maximum atomic E-state index is 13.5. The summed E-state index contributed by atoms with van der Waals surface area (Å²) >= 11 is 0. The van der Waals surface area contributed by atoms with Crippen molar-refractivity contribution in [2.45, 2.75) is 39.4 Å². The van der Waals surface area contributed by atoms with Crippen molar-refractivity contribution in [1.29, 1.82) is 0 Å². The van der Waals surface area contributed by atoms with Gasteiger partial charge in [-0.1, -0.05) is 20.3 Å². The number of carbonyl (C=O) groups excluding carboxylic acids is 1. The van der Waals surface area contributed by atoms with E-state index in [1.807, 2.05) is 13.8 Å². The van der Waals surface area contributed by atoms with Crippen LogP contribution in [0.2, 0.25) is 0 Å². The quantitative estimate of drug-likeness (QED) is 0.834. The highest BCUT2D eigenvalue weighted by Gasteiger charge is 2.32. The molecule has 0 bridgehead atoms. The predicted molar refractivity (Wildman–Crippen MR) is 67.8 cm³/mol. The van der Waals surface area contributed by atoms with E-state index in [-0.39, 0.29) is 12.0 Å². The minimum atomic E-state index is -4.61. The third-order valence-corrected chi connectivity index (χ3v) is 3.39. The van der Waals surface area contributed by atoms with Gasteiger partial charge in [0.05, 0.1) is 11.1 Å². The summed E-state index contributed by atoms with van der Waals surface area (Å²) in [6.07, 6.45) is -3.81. The monoisotopic (exact) mass is 291 g/mol. The van der Waals surface area contributed by atoms with Gasteiger partial charge >= 0.3 is 6.18 Å². The molecule has 0 saturated carbocycles. The lowest BCUT2D eigenvalue weighted by Gasteiger charge is -2.20. The number of nitrogens with one attached hydrogen (secondary N) is 1. The van der Waals surface area contributed by atoms with Crippen LogP contribution in [0.3, 0.4) is 0 Å². The summed E-state index contributed by atoms with van der Waals surface area (Å²) in [6.45, 7) is 5.56. The van der Waals surface area contributed by atoms with Gasteiger partial charge in [0, 0.05) is 6.04 Å². The molecule has 1 aromatic rings. The summed E-state index contributed by atoms with van der Waals surface area (Å²) in [7, 11) is 0. The van der Waals surface area contributed by atoms with Gasteiger partial charge in [-0.25, -0.2) is 4.39 Å². The molecule has 0 aliphatic rings. The fourth-order valence-corrected chi connectivity index (χ4v) is 1.66. The van der Waals surface area contributed by atoms with Crippen LogP contribution in [0.5, 0.6) is 0 Å². The number of carbonyl (C=O) groups is 1. The van der Waals surface area contributed by atoms with E-state index < -0.39 is 29.0 Å². The largest absolute Gasteiger partial charge is 0.416 e. The first-order chi connectivity index (χ1) is 9.16. The summed E-state index contributed by atoms with van der Waals surface area (Å²) in [5.74, 6) is -1.65. The topological polar surface area (TPSA) is 29.1 Å². The second-order valence-electron chi connectivity index (χ2n) is 4.84. The fourth-order valence-electron chi connectivity index (χ4n) is 1.66. The van der Waals surface area contributed by atoms with Crippen LogP contribution in [-0.2, 0) is 6.18 Å². The number of amides is 1. The minimum Gasteiger partial charge on any atom is -0.349 e. The Balaban J connectivity index is 2.98. The lowest BCUT2D eigenvalue weighted by atomic mass is 10.0. The Kier molecular flexibility index (Phi) is 5.14. The van der Waals surface area contributed by atoms with E-state index in [0.29, 0.717) is 18.2 Å². The highest BCUT2D eigenvalue weighted by molar-refractivity contribution is 5.94. The van der Waals surface area contributed by atoms with Crippen LogP contribution in [0.1, 0.15) is 43.1 Å². The normalized spacial score (nSPS) is 14.8. The molecule has 1 aromatic carbocycles. The molecule has 112 valence electrons. The second-order valence-corrected chi connectivity index (χ2v) is 4.84. The first-order valence-corrected chi connectivity index (χ1v) is 6.34. The predicted octanol–water partition coefficient (Wildman–Crippen LogP) is 4.01. The smallest absolute Gasteiger partial charge is 0.349 e. The van der Waals surface area contributed by atoms with E-state index in [0.717, 1.165) is 6.42 Å². The summed E-state index contributed by atoms with van der Waals surface area (Å²) in [5, 5.41) is 2.52. The maximum absolute atomic E-state index is 13.5. The van der Waals surface area contributed by atoms with Gasteiger partial charge < -0.3 is 5.32 Å². The Morgan fingerprint density at radius 1 is 1.30 bits per heavy atom. The maximum Gasteiger partial charge on any atom is 0.416 e. The van der Waals surface area contributed by atoms with Crippen molar-refractivity contribution in [3.63, 3.8) is 0 Å². The molecule has 1 N–H and O–H groups in total. The number of rotatable bonds is 4. The van der Waals surface area contributed by atoms with Gasteiger partial charge in [-0.3, -0.25) is 4.79 Å². The van der Waals surface area contributed by atoms with Crippen molar-refractivity contribution in [3.8, 4) is 0 Å². The number of halogens is 4. The van der Waals surface area contributed by atoms with Gasteiger partial charge in [0.15, 0.2) is 0 Å². The molecule has 0 aromatic heterocycles. The second kappa shape index (κ2) is 6.24. The molecule has 0 heterocycles. The molecule has 20 heavy (non-hydrogen) atoms. The van der Waals surface area contributed by atoms with Crippen LogP contribution in [0.25, 0.3) is 0 Å². The van der Waals surface area contributed by atoms with Gasteiger partial charge in [0.1, 0.15) is 5.82 Å². The number of hydrogen-bond donors (Lipinski definition) is 1. The van der Waals surface area contributed by atoms with E-state index in [2.05, 4.69) is 5.32 Å². The molecular formula is C14H17F4NO. The SMILES string of the molecule is CCC(C)C(C)NC(=O)c1cc(C(F)(F)F)ccc1F. The molecule has 0 aliphatic carbocycles. The summed E-state index contributed by atoms with van der Waals surface area (Å²) in [6, 6.07) is 1.56. The average Bonchev–Trinajstić information content (AvgIpc) is 2.36. The third kappa shape index (κ3) is 3.95. The van der Waals surface area contributed by atoms with Crippen molar-refractivity contribution >= 4 is 5.91 Å². The molecule has 1 rings (SSSR count). The molecular weight excluding hydrogens is 274 g/mol. The Bertz CT molecular complexity index is 485. The van der Waals surface area contributed by atoms with E-state index in [1.165, 1.54) is 0 Å². The van der Waals surface area contributed by atoms with Gasteiger partial charge in [-0.2, -0.15) is 13.2 Å². The lowest BCUT2D eigenvalue weighted by Crippen LogP contribution is -2.37. The minimum absolute atomic E-state index is 0.146. The van der Waals surface area contributed by atoms with E-state index in [9.17, 15) is 22.4 Å². The van der Waals surface area contributed by atoms with Gasteiger partial charge in [0.25, 0.3) is 5.91 Å². The standard InChI is InChI=1S/C14H17F4NO/c1-4-8(2)9(3)19-13(20)11-7-10(14(16,17)18)5-6-12(11)15/h5-9H,4H2,1-3H3,(H,19,20). The van der Waals surface area contributed by atoms with Crippen molar-refractivity contribution in [3.05, 3.63) is 35.1 Å². The Morgan fingerprint density at radius 3 is 2.40 bits per heavy atom. The van der Waals surface area contributed by atoms with Gasteiger partial charge in [-0.05, 0) is 31.0 Å². The van der Waals surface area contributed by atoms with Crippen molar-refractivity contribution in [2.24, 2.45) is 5.92 Å². The Morgan fingerprint density at radius 2 is 1.90 bits per heavy atom. The summed E-state index contributed by atoms with van der Waals surface area (Å²) in [4.78, 5) is 11.9. The number of hydrogen-bond acceptors (Lipinski definition) is 1. The zero-order valence-electron chi connectivity index (χ0n) is 11.5. The first-order valence-electron chi connectivity index (χ1n) is 6.34. The van der Waals surface area contributed by atoms with Crippen molar-refractivity contribution in [1.82, 2.24) is 5.32 Å². The van der Waals surface area contributed by atoms with Crippen LogP contribution in [0.4, 0.5) is 17.6 Å². The van der Waals surface area contributed by atoms with E-state index in [4.69, 9.17) is 0 Å². The molecule has 2 nitrogen and oxygen atoms in total. The zero-order chi connectivity index (χ0) is 15.5. The highest BCUT2D eigenvalue weighted by atomic mass is 19.4. The molecule has 0 aliphatic heterocycles. The molecule has 0 saturated heterocycles. The van der Waals surface area contributed by atoms with Crippen LogP contribution in [0, 0.1) is 11.7 Å². The van der Waals surface area contributed by atoms with E-state index >= 15 is 0 Å². The average molecular weight is 291 g/mol. The first kappa shape index (κ1) is 16.5. The summed E-state index contributed by atoms with van der Waals surface area (Å²) in [5.41, 5.74) is -1.63. The molecule has 2 unspecified atom stereocenters. The molecule has 2 atom stereocenters. The van der Waals surface area contributed by atoms with Crippen molar-refractivity contribution in [2.75, 3.05) is 0 Å². The van der Waals surface area contributed by atoms with Crippen LogP contribution >= 0.6 is 0 Å². The van der Waals surface area contributed by atoms with Crippen LogP contribution in [-0.4, -0.2) is 11.9 Å². The van der Waals surface area contributed by atoms with Crippen molar-refractivity contribution < 1.29 is 22.4 Å². The number of benzene rings is 1. The molecule has 0 fully saturated rings. The van der Waals surface area contributed by atoms with Gasteiger partial charge in [0.2, 0.25) is 0 Å². The molecule has 1 amide bonds. The van der Waals surface area contributed by atoms with E-state index in [1.54, 1.807) is 6.92 Å². The molecule has 0 spiro atoms. The Labute approximate surface area is 115 Å². The summed E-state index contributed by atoms with van der Waals surface area (Å²) < 4.78 is 51.2. The Hall–Kier alpha value is -1.59. The van der Waals surface area contributed by atoms with Crippen LogP contribution < -0.4 is 5.32 Å². The zero-order valence-corrected chi connectivity index (χ0v) is 11.5. The fraction of sp³-hybridized carbons (Fsp3) is 0.500. The molecule has 6 heteroatoms. The lowest BCUT2D eigenvalue weighted by molar-refractivity contribution is -0.137.